The second-order valence-corrected chi connectivity index (χ2v) is 5.63. The number of unbranched alkanes of at least 4 members (excludes halogenated alkanes) is 2. The zero-order valence-electron chi connectivity index (χ0n) is 8.74. The molecule has 0 fully saturated rings. The molecule has 0 aromatic rings. The summed E-state index contributed by atoms with van der Waals surface area (Å²) in [6.45, 7) is 6.92. The molecule has 76 valence electrons. The van der Waals surface area contributed by atoms with Crippen LogP contribution in [0.15, 0.2) is 0 Å². The lowest BCUT2D eigenvalue weighted by atomic mass is 10.4. The van der Waals surface area contributed by atoms with Gasteiger partial charge in [0.25, 0.3) is 0 Å². The Hall–Kier alpha value is 0.830. The van der Waals surface area contributed by atoms with E-state index in [2.05, 4.69) is 20.8 Å². The van der Waals surface area contributed by atoms with Gasteiger partial charge in [0.2, 0.25) is 0 Å². The first-order valence-electron chi connectivity index (χ1n) is 4.99. The maximum Gasteiger partial charge on any atom is 0.108 e. The number of hydrogen-bond donors (Lipinski definition) is 0. The van der Waals surface area contributed by atoms with Crippen molar-refractivity contribution >= 4 is 10.9 Å². The van der Waals surface area contributed by atoms with Gasteiger partial charge in [-0.05, 0) is 30.7 Å². The first-order chi connectivity index (χ1) is 5.35. The van der Waals surface area contributed by atoms with Gasteiger partial charge in [0.05, 0.1) is 0 Å². The molecule has 0 saturated carbocycles. The van der Waals surface area contributed by atoms with Crippen molar-refractivity contribution in [2.45, 2.75) is 46.5 Å². The molecule has 0 aliphatic heterocycles. The van der Waals surface area contributed by atoms with Crippen LogP contribution in [0.25, 0.3) is 0 Å². The van der Waals surface area contributed by atoms with Crippen molar-refractivity contribution in [3.8, 4) is 0 Å². The zero-order chi connectivity index (χ0) is 8.53. The molecule has 0 amide bonds. The molecule has 0 spiro atoms. The Morgan fingerprint density at radius 1 is 0.833 bits per heavy atom. The molecule has 0 aliphatic rings. The molecule has 0 bridgehead atoms. The Labute approximate surface area is 91.6 Å². The van der Waals surface area contributed by atoms with Crippen molar-refractivity contribution in [2.24, 2.45) is 0 Å². The Kier molecular flexibility index (Phi) is 15.1. The van der Waals surface area contributed by atoms with Crippen LogP contribution in [0.2, 0.25) is 0 Å². The van der Waals surface area contributed by atoms with Crippen molar-refractivity contribution < 1.29 is 17.0 Å². The van der Waals surface area contributed by atoms with Crippen molar-refractivity contribution in [1.82, 2.24) is 0 Å². The Morgan fingerprint density at radius 3 is 1.50 bits per heavy atom. The van der Waals surface area contributed by atoms with Gasteiger partial charge in [0.1, 0.15) is 17.3 Å². The second kappa shape index (κ2) is 11.8. The molecule has 0 atom stereocenters. The lowest BCUT2D eigenvalue weighted by Crippen LogP contribution is -3.00. The minimum Gasteiger partial charge on any atom is -1.00 e. The lowest BCUT2D eigenvalue weighted by molar-refractivity contribution is -0.00000257. The average Bonchev–Trinajstić information content (AvgIpc) is 2.05. The van der Waals surface area contributed by atoms with Crippen molar-refractivity contribution in [1.29, 1.82) is 0 Å². The van der Waals surface area contributed by atoms with Crippen molar-refractivity contribution in [3.63, 3.8) is 0 Å². The van der Waals surface area contributed by atoms with E-state index in [1.807, 2.05) is 0 Å². The lowest BCUT2D eigenvalue weighted by Gasteiger charge is -2.04. The third kappa shape index (κ3) is 8.92. The van der Waals surface area contributed by atoms with E-state index >= 15 is 0 Å². The second-order valence-electron chi connectivity index (χ2n) is 3.02. The summed E-state index contributed by atoms with van der Waals surface area (Å²) in [6, 6.07) is 0. The van der Waals surface area contributed by atoms with Crippen LogP contribution >= 0.6 is 0 Å². The first-order valence-corrected chi connectivity index (χ1v) is 6.72. The topological polar surface area (TPSA) is 0 Å². The van der Waals surface area contributed by atoms with E-state index in [4.69, 9.17) is 0 Å². The predicted octanol–water partition coefficient (Wildman–Crippen LogP) is 0.229. The fraction of sp³-hybridized carbons (Fsp3) is 1.00. The van der Waals surface area contributed by atoms with E-state index in [0.29, 0.717) is 0 Å². The Bertz CT molecular complexity index is 68.2. The minimum atomic E-state index is 0. The van der Waals surface area contributed by atoms with Crippen molar-refractivity contribution in [2.75, 3.05) is 17.3 Å². The van der Waals surface area contributed by atoms with Gasteiger partial charge in [-0.15, -0.1) is 0 Å². The van der Waals surface area contributed by atoms with Gasteiger partial charge in [-0.25, -0.2) is 0 Å². The largest absolute Gasteiger partial charge is 1.00 e. The molecule has 0 aromatic carbocycles. The van der Waals surface area contributed by atoms with Crippen LogP contribution in [0.4, 0.5) is 0 Å². The molecule has 0 aliphatic carbocycles. The summed E-state index contributed by atoms with van der Waals surface area (Å²) >= 11 is 0. The standard InChI is InChI=1S/C10H23S.BrH/c1-4-7-9-11(6-3)10-8-5-2;/h4-10H2,1-3H3;1H/q+1;/p-1. The summed E-state index contributed by atoms with van der Waals surface area (Å²) in [4.78, 5) is 0. The Balaban J connectivity index is 0. The molecule has 0 rings (SSSR count). The van der Waals surface area contributed by atoms with Gasteiger partial charge in [-0.1, -0.05) is 26.7 Å². The van der Waals surface area contributed by atoms with E-state index in [1.165, 1.54) is 42.9 Å². The van der Waals surface area contributed by atoms with Crippen LogP contribution in [0.5, 0.6) is 0 Å². The maximum atomic E-state index is 2.34. The van der Waals surface area contributed by atoms with Gasteiger partial charge >= 0.3 is 0 Å². The fourth-order valence-corrected chi connectivity index (χ4v) is 3.26. The summed E-state index contributed by atoms with van der Waals surface area (Å²) in [6.07, 6.45) is 5.63. The molecular formula is C10H23BrS. The third-order valence-corrected chi connectivity index (χ3v) is 4.53. The molecule has 0 heterocycles. The van der Waals surface area contributed by atoms with Gasteiger partial charge < -0.3 is 17.0 Å². The molecule has 0 radical (unpaired) electrons. The van der Waals surface area contributed by atoms with E-state index in [-0.39, 0.29) is 17.0 Å². The normalized spacial score (nSPS) is 10.0. The van der Waals surface area contributed by atoms with Gasteiger partial charge in [0, 0.05) is 0 Å². The summed E-state index contributed by atoms with van der Waals surface area (Å²) in [5.74, 6) is 4.40. The van der Waals surface area contributed by atoms with Crippen LogP contribution in [-0.4, -0.2) is 17.3 Å². The predicted molar refractivity (Wildman–Crippen MR) is 57.5 cm³/mol. The number of rotatable bonds is 7. The Morgan fingerprint density at radius 2 is 1.25 bits per heavy atom. The minimum absolute atomic E-state index is 0. The van der Waals surface area contributed by atoms with E-state index in [1.54, 1.807) is 0 Å². The molecule has 2 heteroatoms. The molecule has 0 saturated heterocycles. The zero-order valence-corrected chi connectivity index (χ0v) is 11.1. The summed E-state index contributed by atoms with van der Waals surface area (Å²) in [5, 5.41) is 0. The van der Waals surface area contributed by atoms with E-state index in [0.717, 1.165) is 10.9 Å². The van der Waals surface area contributed by atoms with Gasteiger partial charge in [-0.2, -0.15) is 0 Å². The first kappa shape index (κ1) is 15.3. The third-order valence-electron chi connectivity index (χ3n) is 1.98. The van der Waals surface area contributed by atoms with E-state index < -0.39 is 0 Å². The quantitative estimate of drug-likeness (QED) is 0.571. The molecular weight excluding hydrogens is 232 g/mol. The summed E-state index contributed by atoms with van der Waals surface area (Å²) in [7, 11) is 0.769. The fourth-order valence-electron chi connectivity index (χ4n) is 1.09. The van der Waals surface area contributed by atoms with Crippen LogP contribution in [0.1, 0.15) is 46.5 Å². The smallest absolute Gasteiger partial charge is 0.108 e. The highest BCUT2D eigenvalue weighted by Crippen LogP contribution is 2.04. The molecule has 0 N–H and O–H groups in total. The van der Waals surface area contributed by atoms with Crippen LogP contribution in [0.3, 0.4) is 0 Å². The highest BCUT2D eigenvalue weighted by Gasteiger charge is 2.12. The molecule has 0 nitrogen and oxygen atoms in total. The monoisotopic (exact) mass is 254 g/mol. The average molecular weight is 255 g/mol. The maximum absolute atomic E-state index is 2.34. The van der Waals surface area contributed by atoms with Gasteiger partial charge in [0.15, 0.2) is 0 Å². The SMILES string of the molecule is CCCC[S+](CC)CCCC.[Br-]. The molecule has 12 heavy (non-hydrogen) atoms. The highest BCUT2D eigenvalue weighted by atomic mass is 79.9. The number of halogens is 1. The van der Waals surface area contributed by atoms with Crippen LogP contribution < -0.4 is 17.0 Å². The van der Waals surface area contributed by atoms with Gasteiger partial charge in [-0.3, -0.25) is 0 Å². The van der Waals surface area contributed by atoms with Crippen LogP contribution in [0, 0.1) is 0 Å². The van der Waals surface area contributed by atoms with E-state index in [9.17, 15) is 0 Å². The molecule has 0 unspecified atom stereocenters. The summed E-state index contributed by atoms with van der Waals surface area (Å²) in [5.41, 5.74) is 0. The van der Waals surface area contributed by atoms with Crippen LogP contribution in [-0.2, 0) is 10.9 Å². The summed E-state index contributed by atoms with van der Waals surface area (Å²) < 4.78 is 0. The van der Waals surface area contributed by atoms with Crippen molar-refractivity contribution in [3.05, 3.63) is 0 Å². The molecule has 0 aromatic heterocycles. The number of hydrogen-bond acceptors (Lipinski definition) is 0. The highest BCUT2D eigenvalue weighted by molar-refractivity contribution is 7.96.